The maximum atomic E-state index is 13.4. The summed E-state index contributed by atoms with van der Waals surface area (Å²) in [6, 6.07) is 21.1. The van der Waals surface area contributed by atoms with Gasteiger partial charge in [0, 0.05) is 11.3 Å². The second-order valence-corrected chi connectivity index (χ2v) is 9.98. The van der Waals surface area contributed by atoms with Gasteiger partial charge >= 0.3 is 5.76 Å². The minimum Gasteiger partial charge on any atom is -0.298 e. The van der Waals surface area contributed by atoms with Crippen LogP contribution in [0.5, 0.6) is 0 Å². The molecule has 10 heteroatoms. The van der Waals surface area contributed by atoms with Crippen molar-refractivity contribution in [3.63, 3.8) is 0 Å². The summed E-state index contributed by atoms with van der Waals surface area (Å²) in [6.45, 7) is 0.494. The molecule has 0 bridgehead atoms. The first kappa shape index (κ1) is 23.1. The van der Waals surface area contributed by atoms with Gasteiger partial charge in [0.05, 0.1) is 11.4 Å². The van der Waals surface area contributed by atoms with E-state index in [4.69, 9.17) is 0 Å². The van der Waals surface area contributed by atoms with E-state index in [9.17, 15) is 21.6 Å². The van der Waals surface area contributed by atoms with Crippen LogP contribution in [0.15, 0.2) is 88.9 Å². The predicted molar refractivity (Wildman–Crippen MR) is 120 cm³/mol. The highest BCUT2D eigenvalue weighted by Crippen LogP contribution is 2.28. The maximum absolute atomic E-state index is 13.4. The van der Waals surface area contributed by atoms with Gasteiger partial charge in [0.2, 0.25) is 9.84 Å². The van der Waals surface area contributed by atoms with Crippen LogP contribution in [-0.4, -0.2) is 28.9 Å². The molecule has 4 aromatic rings. The molecule has 0 aliphatic carbocycles. The Hall–Kier alpha value is -3.11. The zero-order valence-electron chi connectivity index (χ0n) is 17.1. The van der Waals surface area contributed by atoms with Crippen molar-refractivity contribution in [1.82, 2.24) is 14.8 Å². The third-order valence-electron chi connectivity index (χ3n) is 4.86. The van der Waals surface area contributed by atoms with Gasteiger partial charge in [0.1, 0.15) is 5.82 Å². The Bertz CT molecular complexity index is 1330. The number of nitrogens with zero attached hydrogens (tertiary/aromatic N) is 3. The normalized spacial score (nSPS) is 11.8. The van der Waals surface area contributed by atoms with Crippen molar-refractivity contribution in [1.29, 1.82) is 0 Å². The zero-order chi connectivity index (χ0) is 23.4. The number of aromatic nitrogens is 3. The van der Waals surface area contributed by atoms with Crippen molar-refractivity contribution < 1.29 is 21.6 Å². The van der Waals surface area contributed by atoms with Crippen LogP contribution < -0.4 is 0 Å². The molecule has 0 unspecified atom stereocenters. The molecule has 0 atom stereocenters. The van der Waals surface area contributed by atoms with Crippen LogP contribution in [0.3, 0.4) is 0 Å². The van der Waals surface area contributed by atoms with Crippen LogP contribution in [0.4, 0.5) is 13.2 Å². The van der Waals surface area contributed by atoms with Gasteiger partial charge in [-0.15, -0.1) is 10.2 Å². The first-order valence-electron chi connectivity index (χ1n) is 9.81. The van der Waals surface area contributed by atoms with Crippen LogP contribution in [-0.2, 0) is 22.1 Å². The molecule has 5 nitrogen and oxygen atoms in total. The molecule has 0 saturated carbocycles. The molecular formula is C23H18F3N3O2S2. The van der Waals surface area contributed by atoms with E-state index in [1.54, 1.807) is 12.1 Å². The molecule has 170 valence electrons. The van der Waals surface area contributed by atoms with E-state index in [0.29, 0.717) is 28.8 Å². The highest BCUT2D eigenvalue weighted by atomic mass is 32.2. The van der Waals surface area contributed by atoms with E-state index >= 15 is 0 Å². The van der Waals surface area contributed by atoms with Crippen molar-refractivity contribution in [3.05, 3.63) is 95.8 Å². The number of alkyl halides is 2. The van der Waals surface area contributed by atoms with E-state index in [2.05, 4.69) is 10.2 Å². The zero-order valence-corrected chi connectivity index (χ0v) is 18.7. The predicted octanol–water partition coefficient (Wildman–Crippen LogP) is 5.42. The lowest BCUT2D eigenvalue weighted by Crippen LogP contribution is -2.11. The number of thioether (sulfide) groups is 1. The van der Waals surface area contributed by atoms with Gasteiger partial charge in [-0.05, 0) is 47.5 Å². The highest BCUT2D eigenvalue weighted by molar-refractivity contribution is 7.98. The lowest BCUT2D eigenvalue weighted by molar-refractivity contribution is 0.234. The average molecular weight is 490 g/mol. The molecule has 1 aromatic heterocycles. The monoisotopic (exact) mass is 489 g/mol. The molecule has 3 aromatic carbocycles. The van der Waals surface area contributed by atoms with Gasteiger partial charge in [-0.1, -0.05) is 54.2 Å². The number of sulfone groups is 1. The number of hydrogen-bond donors (Lipinski definition) is 0. The third kappa shape index (κ3) is 5.28. The summed E-state index contributed by atoms with van der Waals surface area (Å²) in [6.07, 6.45) is 0. The summed E-state index contributed by atoms with van der Waals surface area (Å²) in [5.74, 6) is -2.80. The summed E-state index contributed by atoms with van der Waals surface area (Å²) >= 11 is 1.38. The molecule has 33 heavy (non-hydrogen) atoms. The average Bonchev–Trinajstić information content (AvgIpc) is 3.21. The van der Waals surface area contributed by atoms with Gasteiger partial charge in [-0.3, -0.25) is 4.57 Å². The van der Waals surface area contributed by atoms with E-state index in [0.717, 1.165) is 11.1 Å². The van der Waals surface area contributed by atoms with Crippen LogP contribution >= 0.6 is 11.8 Å². The maximum Gasteiger partial charge on any atom is 0.341 e. The van der Waals surface area contributed by atoms with Crippen LogP contribution in [0, 0.1) is 5.82 Å². The Morgan fingerprint density at radius 2 is 1.52 bits per heavy atom. The molecule has 0 fully saturated rings. The van der Waals surface area contributed by atoms with Crippen molar-refractivity contribution in [2.24, 2.45) is 0 Å². The topological polar surface area (TPSA) is 64.8 Å². The Kier molecular flexibility index (Phi) is 6.85. The first-order chi connectivity index (χ1) is 15.8. The summed E-state index contributed by atoms with van der Waals surface area (Å²) in [5.41, 5.74) is 2.49. The summed E-state index contributed by atoms with van der Waals surface area (Å²) in [4.78, 5) is -0.419. The number of rotatable bonds is 8. The Morgan fingerprint density at radius 1 is 0.848 bits per heavy atom. The molecule has 1 heterocycles. The Balaban J connectivity index is 1.59. The second-order valence-electron chi connectivity index (χ2n) is 7.12. The van der Waals surface area contributed by atoms with E-state index in [1.807, 2.05) is 34.9 Å². The standard InChI is InChI=1S/C23H18F3N3O2S2/c24-19-10-8-18(9-11-19)21-27-28-23(29(21)14-16-4-2-1-3-5-16)32-15-17-6-12-20(13-7-17)33(30,31)22(25)26/h1-13,22H,14-15H2. The Morgan fingerprint density at radius 3 is 2.15 bits per heavy atom. The summed E-state index contributed by atoms with van der Waals surface area (Å²) in [5, 5.41) is 9.20. The smallest absolute Gasteiger partial charge is 0.298 e. The van der Waals surface area contributed by atoms with Gasteiger partial charge in [-0.25, -0.2) is 12.8 Å². The fourth-order valence-corrected chi connectivity index (χ4v) is 4.76. The van der Waals surface area contributed by atoms with Crippen molar-refractivity contribution in [2.75, 3.05) is 0 Å². The summed E-state index contributed by atoms with van der Waals surface area (Å²) in [7, 11) is -4.63. The van der Waals surface area contributed by atoms with Crippen molar-refractivity contribution in [3.8, 4) is 11.4 Å². The minimum atomic E-state index is -4.63. The number of hydrogen-bond acceptors (Lipinski definition) is 5. The molecule has 0 aliphatic heterocycles. The van der Waals surface area contributed by atoms with E-state index in [1.165, 1.54) is 48.2 Å². The van der Waals surface area contributed by atoms with E-state index in [-0.39, 0.29) is 5.82 Å². The third-order valence-corrected chi connectivity index (χ3v) is 7.29. The molecule has 4 rings (SSSR count). The largest absolute Gasteiger partial charge is 0.341 e. The number of halogens is 3. The first-order valence-corrected chi connectivity index (χ1v) is 12.3. The fraction of sp³-hybridized carbons (Fsp3) is 0.130. The lowest BCUT2D eigenvalue weighted by atomic mass is 10.2. The molecule has 0 saturated heterocycles. The van der Waals surface area contributed by atoms with Gasteiger partial charge < -0.3 is 0 Å². The molecule has 0 aliphatic rings. The molecule has 0 amide bonds. The summed E-state index contributed by atoms with van der Waals surface area (Å²) < 4.78 is 64.0. The molecule has 0 N–H and O–H groups in total. The molecule has 0 spiro atoms. The molecular weight excluding hydrogens is 471 g/mol. The molecule has 0 radical (unpaired) electrons. The van der Waals surface area contributed by atoms with Crippen LogP contribution in [0.25, 0.3) is 11.4 Å². The second kappa shape index (κ2) is 9.80. The Labute approximate surface area is 193 Å². The highest BCUT2D eigenvalue weighted by Gasteiger charge is 2.26. The van der Waals surface area contributed by atoms with Gasteiger partial charge in [0.15, 0.2) is 11.0 Å². The SMILES string of the molecule is O=S(=O)(c1ccc(CSc2nnc(-c3ccc(F)cc3)n2Cc2ccccc2)cc1)C(F)F. The number of benzene rings is 3. The van der Waals surface area contributed by atoms with Crippen LogP contribution in [0.2, 0.25) is 0 Å². The fourth-order valence-electron chi connectivity index (χ4n) is 3.14. The van der Waals surface area contributed by atoms with E-state index < -0.39 is 20.5 Å². The van der Waals surface area contributed by atoms with Gasteiger partial charge in [-0.2, -0.15) is 8.78 Å². The minimum absolute atomic E-state index is 0.347. The van der Waals surface area contributed by atoms with Gasteiger partial charge in [0.25, 0.3) is 0 Å². The van der Waals surface area contributed by atoms with Crippen molar-refractivity contribution >= 4 is 21.6 Å². The quantitative estimate of drug-likeness (QED) is 0.309. The van der Waals surface area contributed by atoms with Crippen molar-refractivity contribution in [2.45, 2.75) is 28.1 Å². The van der Waals surface area contributed by atoms with Crippen LogP contribution in [0.1, 0.15) is 11.1 Å². The lowest BCUT2D eigenvalue weighted by Gasteiger charge is -2.11.